The first kappa shape index (κ1) is 37.3. The van der Waals surface area contributed by atoms with Crippen LogP contribution in [0.15, 0.2) is 82.3 Å². The minimum atomic E-state index is -0.245. The van der Waals surface area contributed by atoms with Crippen molar-refractivity contribution in [3.05, 3.63) is 88.7 Å². The highest BCUT2D eigenvalue weighted by Crippen LogP contribution is 2.31. The summed E-state index contributed by atoms with van der Waals surface area (Å²) in [4.78, 5) is 23.8. The molecular formula is C38H54FN5O. The molecule has 1 aromatic rings. The highest BCUT2D eigenvalue weighted by molar-refractivity contribution is 6.12. The second-order valence-electron chi connectivity index (χ2n) is 12.8. The van der Waals surface area contributed by atoms with Crippen LogP contribution in [0.25, 0.3) is 5.57 Å². The Morgan fingerprint density at radius 3 is 2.29 bits per heavy atom. The second-order valence-corrected chi connectivity index (χ2v) is 12.8. The second kappa shape index (κ2) is 18.1. The molecule has 45 heavy (non-hydrogen) atoms. The van der Waals surface area contributed by atoms with Gasteiger partial charge in [-0.15, -0.1) is 0 Å². The van der Waals surface area contributed by atoms with Crippen LogP contribution in [0, 0.1) is 22.6 Å². The monoisotopic (exact) mass is 615 g/mol. The van der Waals surface area contributed by atoms with Crippen LogP contribution in [0.1, 0.15) is 86.6 Å². The Bertz CT molecular complexity index is 1380. The topological polar surface area (TPSA) is 62.9 Å². The molecule has 0 bridgehead atoms. The lowest BCUT2D eigenvalue weighted by Crippen LogP contribution is -2.48. The molecule has 244 valence electrons. The number of amides is 1. The maximum absolute atomic E-state index is 14.8. The third kappa shape index (κ3) is 11.5. The number of hydrogen-bond acceptors (Lipinski definition) is 5. The van der Waals surface area contributed by atoms with E-state index in [-0.39, 0.29) is 17.1 Å². The summed E-state index contributed by atoms with van der Waals surface area (Å²) in [5, 5.41) is 8.68. The highest BCUT2D eigenvalue weighted by atomic mass is 19.1. The minimum Gasteiger partial charge on any atom is -0.374 e. The first-order valence-electron chi connectivity index (χ1n) is 16.2. The van der Waals surface area contributed by atoms with E-state index in [1.807, 2.05) is 61.4 Å². The van der Waals surface area contributed by atoms with E-state index in [1.54, 1.807) is 6.07 Å². The van der Waals surface area contributed by atoms with Gasteiger partial charge in [-0.25, -0.2) is 4.39 Å². The fraction of sp³-hybridized carbons (Fsp3) is 0.500. The van der Waals surface area contributed by atoms with Crippen molar-refractivity contribution in [2.75, 3.05) is 39.8 Å². The molecular weight excluding hydrogens is 561 g/mol. The zero-order valence-electron chi connectivity index (χ0n) is 29.1. The number of aliphatic imine (C=N–C) groups is 1. The van der Waals surface area contributed by atoms with E-state index in [0.717, 1.165) is 67.0 Å². The molecule has 0 aliphatic carbocycles. The normalized spacial score (nSPS) is 16.9. The molecule has 6 nitrogen and oxygen atoms in total. The Kier molecular flexibility index (Phi) is 15.0. The standard InChI is InChI=1S/C28H40FN3O.C10H14N2/c1-8-10-15-30-21(3)27(23(9-2)24-13-11-12-14-25(24)29)22(4)31-16-18-32(19-17-31)26(33)20-28(5,6)7;1-3-4-10-7-9(8-11)5-6-12(10)2/h9-15H,8,16-20H2,1-7H3;5,7H,3-4,6H2,1-2H3/b15-10+,23-9-,27-22-,30-21+;. The molecule has 1 aromatic carbocycles. The predicted molar refractivity (Wildman–Crippen MR) is 187 cm³/mol. The summed E-state index contributed by atoms with van der Waals surface area (Å²) in [7, 11) is 2.06. The Morgan fingerprint density at radius 1 is 1.09 bits per heavy atom. The van der Waals surface area contributed by atoms with Crippen molar-refractivity contribution in [2.24, 2.45) is 10.4 Å². The lowest BCUT2D eigenvalue weighted by molar-refractivity contribution is -0.134. The fourth-order valence-electron chi connectivity index (χ4n) is 5.41. The van der Waals surface area contributed by atoms with Gasteiger partial charge in [-0.3, -0.25) is 9.79 Å². The predicted octanol–water partition coefficient (Wildman–Crippen LogP) is 8.53. The van der Waals surface area contributed by atoms with Crippen LogP contribution in [0.2, 0.25) is 0 Å². The number of nitrogens with zero attached hydrogens (tertiary/aromatic N) is 5. The van der Waals surface area contributed by atoms with Crippen LogP contribution in [-0.2, 0) is 4.79 Å². The number of carbonyl (C=O) groups is 1. The van der Waals surface area contributed by atoms with Gasteiger partial charge in [0.1, 0.15) is 5.82 Å². The summed E-state index contributed by atoms with van der Waals surface area (Å²) in [6.07, 6.45) is 13.4. The van der Waals surface area contributed by atoms with E-state index in [4.69, 9.17) is 5.26 Å². The van der Waals surface area contributed by atoms with Gasteiger partial charge in [0.15, 0.2) is 0 Å². The molecule has 1 fully saturated rings. The molecule has 2 heterocycles. The molecule has 0 atom stereocenters. The summed E-state index contributed by atoms with van der Waals surface area (Å²) < 4.78 is 14.8. The molecule has 0 unspecified atom stereocenters. The Morgan fingerprint density at radius 2 is 1.73 bits per heavy atom. The molecule has 2 aliphatic heterocycles. The van der Waals surface area contributed by atoms with Crippen molar-refractivity contribution in [2.45, 2.75) is 81.1 Å². The van der Waals surface area contributed by atoms with E-state index >= 15 is 0 Å². The Hall–Kier alpha value is -3.92. The quantitative estimate of drug-likeness (QED) is 0.206. The first-order valence-corrected chi connectivity index (χ1v) is 16.2. The molecule has 0 saturated carbocycles. The van der Waals surface area contributed by atoms with Crippen molar-refractivity contribution in [3.63, 3.8) is 0 Å². The van der Waals surface area contributed by atoms with Crippen LogP contribution in [-0.4, -0.2) is 66.1 Å². The summed E-state index contributed by atoms with van der Waals surface area (Å²) >= 11 is 0. The molecule has 1 amide bonds. The molecule has 2 aliphatic rings. The number of rotatable bonds is 9. The van der Waals surface area contributed by atoms with Gasteiger partial charge >= 0.3 is 0 Å². The van der Waals surface area contributed by atoms with Gasteiger partial charge in [-0.05, 0) is 62.8 Å². The average Bonchev–Trinajstić information content (AvgIpc) is 3.01. The number of hydrogen-bond donors (Lipinski definition) is 0. The molecule has 7 heteroatoms. The molecule has 0 aromatic heterocycles. The number of piperazine rings is 1. The van der Waals surface area contributed by atoms with Gasteiger partial charge in [0.2, 0.25) is 5.91 Å². The number of carbonyl (C=O) groups excluding carboxylic acids is 1. The number of halogens is 1. The Labute approximate surface area is 272 Å². The van der Waals surface area contributed by atoms with Crippen molar-refractivity contribution in [1.29, 1.82) is 5.26 Å². The van der Waals surface area contributed by atoms with Gasteiger partial charge in [0.25, 0.3) is 0 Å². The third-order valence-corrected chi connectivity index (χ3v) is 7.88. The fourth-order valence-corrected chi connectivity index (χ4v) is 5.41. The number of nitriles is 1. The number of likely N-dealkylation sites (N-methyl/N-ethyl adjacent to an activating group) is 1. The molecule has 1 saturated heterocycles. The zero-order valence-corrected chi connectivity index (χ0v) is 29.1. The van der Waals surface area contributed by atoms with Gasteiger partial charge < -0.3 is 14.7 Å². The van der Waals surface area contributed by atoms with Crippen LogP contribution in [0.5, 0.6) is 0 Å². The van der Waals surface area contributed by atoms with Crippen molar-refractivity contribution >= 4 is 17.2 Å². The smallest absolute Gasteiger partial charge is 0.223 e. The van der Waals surface area contributed by atoms with Crippen LogP contribution >= 0.6 is 0 Å². The van der Waals surface area contributed by atoms with Crippen LogP contribution in [0.4, 0.5) is 4.39 Å². The number of benzene rings is 1. The van der Waals surface area contributed by atoms with E-state index in [9.17, 15) is 9.18 Å². The Balaban J connectivity index is 0.000000490. The molecule has 3 rings (SSSR count). The van der Waals surface area contributed by atoms with E-state index in [0.29, 0.717) is 25.1 Å². The maximum Gasteiger partial charge on any atom is 0.223 e. The van der Waals surface area contributed by atoms with Gasteiger partial charge in [0.05, 0.1) is 11.6 Å². The first-order chi connectivity index (χ1) is 21.4. The van der Waals surface area contributed by atoms with Crippen molar-refractivity contribution in [3.8, 4) is 6.07 Å². The third-order valence-electron chi connectivity index (χ3n) is 7.88. The highest BCUT2D eigenvalue weighted by Gasteiger charge is 2.27. The van der Waals surface area contributed by atoms with E-state index in [1.165, 1.54) is 11.8 Å². The van der Waals surface area contributed by atoms with Gasteiger partial charge in [-0.2, -0.15) is 5.26 Å². The summed E-state index contributed by atoms with van der Waals surface area (Å²) in [5.74, 6) is -0.0302. The van der Waals surface area contributed by atoms with E-state index < -0.39 is 0 Å². The minimum absolute atomic E-state index is 0.0165. The molecule has 0 spiro atoms. The molecule has 0 radical (unpaired) electrons. The average molecular weight is 616 g/mol. The molecule has 0 N–H and O–H groups in total. The van der Waals surface area contributed by atoms with Gasteiger partial charge in [-0.1, -0.05) is 71.4 Å². The summed E-state index contributed by atoms with van der Waals surface area (Å²) in [6.45, 7) is 20.2. The van der Waals surface area contributed by atoms with Crippen molar-refractivity contribution in [1.82, 2.24) is 14.7 Å². The van der Waals surface area contributed by atoms with E-state index in [2.05, 4.69) is 69.5 Å². The lowest BCUT2D eigenvalue weighted by atomic mass is 9.91. The summed E-state index contributed by atoms with van der Waals surface area (Å²) in [6, 6.07) is 9.05. The lowest BCUT2D eigenvalue weighted by Gasteiger charge is -2.38. The van der Waals surface area contributed by atoms with Crippen LogP contribution in [0.3, 0.4) is 0 Å². The number of allylic oxidation sites excluding steroid dienone is 8. The summed E-state index contributed by atoms with van der Waals surface area (Å²) in [5.41, 5.74) is 6.31. The maximum atomic E-state index is 14.8. The SMILES string of the molecule is CCCC1=CC(C#N)=CCN1C.C\C=C(C(/C(C)=N/C=C/CC)=C(/C)N1CCN(C(=O)CC(C)(C)C)CC1)\c1ccccc1F. The van der Waals surface area contributed by atoms with Crippen molar-refractivity contribution < 1.29 is 9.18 Å². The van der Waals surface area contributed by atoms with Gasteiger partial charge in [0, 0.05) is 80.6 Å². The zero-order chi connectivity index (χ0) is 33.6. The van der Waals surface area contributed by atoms with Crippen LogP contribution < -0.4 is 0 Å². The largest absolute Gasteiger partial charge is 0.374 e.